The van der Waals surface area contributed by atoms with Crippen LogP contribution in [0.3, 0.4) is 0 Å². The zero-order valence-corrected chi connectivity index (χ0v) is 13.5. The molecule has 126 valence electrons. The van der Waals surface area contributed by atoms with Gasteiger partial charge in [-0.1, -0.05) is 17.3 Å². The number of nitrogens with one attached hydrogen (secondary N) is 1. The van der Waals surface area contributed by atoms with Crippen LogP contribution in [-0.2, 0) is 4.74 Å². The van der Waals surface area contributed by atoms with Crippen molar-refractivity contribution in [2.45, 2.75) is 13.0 Å². The summed E-state index contributed by atoms with van der Waals surface area (Å²) in [4.78, 5) is 13.9. The van der Waals surface area contributed by atoms with Crippen molar-refractivity contribution in [3.05, 3.63) is 24.0 Å². The maximum atomic E-state index is 14.3. The number of carbonyl (C=O) groups excluding carboxylic acids is 1. The lowest BCUT2D eigenvalue weighted by Gasteiger charge is -2.14. The summed E-state index contributed by atoms with van der Waals surface area (Å²) in [6.07, 6.45) is -0.910. The van der Waals surface area contributed by atoms with Crippen molar-refractivity contribution in [3.8, 4) is 11.5 Å². The summed E-state index contributed by atoms with van der Waals surface area (Å²) in [6.45, 7) is 2.43. The molecule has 3 N–H and O–H groups in total. The van der Waals surface area contributed by atoms with Crippen molar-refractivity contribution in [1.82, 2.24) is 15.5 Å². The zero-order valence-electron chi connectivity index (χ0n) is 12.7. The van der Waals surface area contributed by atoms with Crippen molar-refractivity contribution in [2.24, 2.45) is 0 Å². The molecule has 2 aromatic rings. The van der Waals surface area contributed by atoms with E-state index in [0.717, 1.165) is 0 Å². The fourth-order valence-corrected chi connectivity index (χ4v) is 2.37. The molecule has 8 nitrogen and oxygen atoms in total. The molecule has 24 heavy (non-hydrogen) atoms. The topological polar surface area (TPSA) is 107 Å². The van der Waals surface area contributed by atoms with Gasteiger partial charge >= 0.3 is 12.1 Å². The fraction of sp³-hybridized carbons (Fsp3) is 0.286. The van der Waals surface area contributed by atoms with E-state index >= 15 is 0 Å². The average molecular weight is 351 g/mol. The number of carbonyl (C=O) groups is 1. The molecular weight excluding hydrogens is 337 g/mol. The summed E-state index contributed by atoms with van der Waals surface area (Å²) in [7, 11) is 0. The lowest BCUT2D eigenvalue weighted by molar-refractivity contribution is 0.143. The van der Waals surface area contributed by atoms with Crippen LogP contribution in [0.15, 0.2) is 22.6 Å². The Balaban J connectivity index is 1.77. The smallest absolute Gasteiger partial charge is 0.414 e. The first-order valence-corrected chi connectivity index (χ1v) is 7.46. The van der Waals surface area contributed by atoms with Crippen molar-refractivity contribution in [3.63, 3.8) is 0 Å². The van der Waals surface area contributed by atoms with Crippen LogP contribution in [0, 0.1) is 5.82 Å². The highest BCUT2D eigenvalue weighted by atomic mass is 32.1. The van der Waals surface area contributed by atoms with Gasteiger partial charge in [0.2, 0.25) is 0 Å². The van der Waals surface area contributed by atoms with E-state index in [1.165, 1.54) is 17.0 Å². The molecule has 1 amide bonds. The molecule has 1 aromatic carbocycles. The minimum Gasteiger partial charge on any atom is -0.442 e. The zero-order chi connectivity index (χ0) is 17.3. The number of anilines is 2. The van der Waals surface area contributed by atoms with Gasteiger partial charge in [-0.3, -0.25) is 4.90 Å². The fourth-order valence-electron chi connectivity index (χ4n) is 2.29. The third kappa shape index (κ3) is 3.27. The van der Waals surface area contributed by atoms with Gasteiger partial charge in [0.05, 0.1) is 29.3 Å². The summed E-state index contributed by atoms with van der Waals surface area (Å²) in [5.74, 6) is -0.639. The molecule has 0 aliphatic carbocycles. The third-order valence-electron chi connectivity index (χ3n) is 3.39. The van der Waals surface area contributed by atoms with Crippen molar-refractivity contribution in [1.29, 1.82) is 0 Å². The predicted octanol–water partition coefficient (Wildman–Crippen LogP) is 1.72. The maximum Gasteiger partial charge on any atom is 0.414 e. The summed E-state index contributed by atoms with van der Waals surface area (Å²) in [6, 6.07) is 4.07. The number of nitrogens with zero attached hydrogens (tertiary/aromatic N) is 3. The number of hydrogen-bond donors (Lipinski definition) is 2. The van der Waals surface area contributed by atoms with Gasteiger partial charge in [0.15, 0.2) is 0 Å². The number of hydrogen-bond acceptors (Lipinski definition) is 7. The Bertz CT molecular complexity index is 796. The van der Waals surface area contributed by atoms with Gasteiger partial charge in [0, 0.05) is 0 Å². The van der Waals surface area contributed by atoms with Gasteiger partial charge in [-0.15, -0.1) is 5.10 Å². The molecular formula is C14H14FN5O3S. The Labute approximate surface area is 141 Å². The Morgan fingerprint density at radius 3 is 2.96 bits per heavy atom. The van der Waals surface area contributed by atoms with Gasteiger partial charge in [-0.2, -0.15) is 0 Å². The Morgan fingerprint density at radius 2 is 2.33 bits per heavy atom. The van der Waals surface area contributed by atoms with Crippen molar-refractivity contribution >= 4 is 35.0 Å². The average Bonchev–Trinajstić information content (AvgIpc) is 3.11. The predicted molar refractivity (Wildman–Crippen MR) is 88.0 cm³/mol. The van der Waals surface area contributed by atoms with Gasteiger partial charge in [0.25, 0.3) is 5.89 Å². The van der Waals surface area contributed by atoms with Crippen LogP contribution in [0.25, 0.3) is 11.5 Å². The molecule has 0 saturated carbocycles. The van der Waals surface area contributed by atoms with Crippen molar-refractivity contribution < 1.29 is 18.3 Å². The normalized spacial score (nSPS) is 17.0. The molecule has 0 radical (unpaired) electrons. The maximum absolute atomic E-state index is 14.3. The number of ether oxygens (including phenoxy) is 1. The van der Waals surface area contributed by atoms with Gasteiger partial charge in [-0.25, -0.2) is 9.18 Å². The molecule has 3 rings (SSSR count). The van der Waals surface area contributed by atoms with E-state index in [1.54, 1.807) is 13.0 Å². The molecule has 0 bridgehead atoms. The molecule has 1 aliphatic rings. The highest BCUT2D eigenvalue weighted by Crippen LogP contribution is 2.28. The molecule has 0 unspecified atom stereocenters. The Hall–Kier alpha value is -2.75. The summed E-state index contributed by atoms with van der Waals surface area (Å²) in [5, 5.41) is 10.1. The van der Waals surface area contributed by atoms with E-state index in [1.807, 2.05) is 0 Å². The van der Waals surface area contributed by atoms with E-state index in [0.29, 0.717) is 23.8 Å². The number of benzene rings is 1. The molecule has 1 saturated heterocycles. The Morgan fingerprint density at radius 1 is 1.54 bits per heavy atom. The van der Waals surface area contributed by atoms with Crippen molar-refractivity contribution in [2.75, 3.05) is 23.7 Å². The van der Waals surface area contributed by atoms with Crippen LogP contribution >= 0.6 is 12.2 Å². The molecule has 10 heteroatoms. The lowest BCUT2D eigenvalue weighted by Crippen LogP contribution is -2.32. The van der Waals surface area contributed by atoms with E-state index in [9.17, 15) is 9.18 Å². The van der Waals surface area contributed by atoms with Crippen LogP contribution in [0.4, 0.5) is 20.9 Å². The van der Waals surface area contributed by atoms with E-state index in [-0.39, 0.29) is 23.6 Å². The number of rotatable bonds is 4. The second-order valence-corrected chi connectivity index (χ2v) is 5.78. The summed E-state index contributed by atoms with van der Waals surface area (Å²) in [5.41, 5.74) is 5.80. The quantitative estimate of drug-likeness (QED) is 0.802. The summed E-state index contributed by atoms with van der Waals surface area (Å²) < 4.78 is 24.5. The molecule has 1 atom stereocenters. The number of aromatic nitrogens is 2. The second kappa shape index (κ2) is 6.40. The van der Waals surface area contributed by atoms with Crippen LogP contribution in [0.5, 0.6) is 0 Å². The second-order valence-electron chi connectivity index (χ2n) is 5.16. The number of nitrogens with two attached hydrogens (primary N) is 1. The minimum atomic E-state index is -0.611. The number of cyclic esters (lactones) is 1. The third-order valence-corrected chi connectivity index (χ3v) is 3.53. The standard InChI is InChI=1S/C14H14FN5O3S/c1-7(24)17-5-9-6-20(14(21)22-9)8-2-3-10(11(15)4-8)12-18-19-13(16)23-12/h2-4,9H,5-6H2,1H3,(H2,16,19)(H,17,24)/t9-/m0/s1. The molecule has 2 heterocycles. The monoisotopic (exact) mass is 351 g/mol. The van der Waals surface area contributed by atoms with Crippen LogP contribution in [0.1, 0.15) is 6.92 Å². The number of amides is 1. The molecule has 1 fully saturated rings. The first-order valence-electron chi connectivity index (χ1n) is 7.05. The van der Waals surface area contributed by atoms with Crippen LogP contribution in [-0.4, -0.2) is 40.5 Å². The molecule has 1 aliphatic heterocycles. The highest BCUT2D eigenvalue weighted by molar-refractivity contribution is 7.80. The largest absolute Gasteiger partial charge is 0.442 e. The van der Waals surface area contributed by atoms with Crippen LogP contribution < -0.4 is 16.0 Å². The number of halogens is 1. The van der Waals surface area contributed by atoms with Gasteiger partial charge in [0.1, 0.15) is 11.9 Å². The number of thiocarbonyl (C=S) groups is 1. The van der Waals surface area contributed by atoms with Crippen LogP contribution in [0.2, 0.25) is 0 Å². The van der Waals surface area contributed by atoms with Gasteiger partial charge < -0.3 is 20.2 Å². The molecule has 0 spiro atoms. The van der Waals surface area contributed by atoms with E-state index < -0.39 is 11.9 Å². The first-order chi connectivity index (χ1) is 11.4. The van der Waals surface area contributed by atoms with E-state index in [4.69, 9.17) is 27.1 Å². The summed E-state index contributed by atoms with van der Waals surface area (Å²) >= 11 is 4.92. The highest BCUT2D eigenvalue weighted by Gasteiger charge is 2.32. The van der Waals surface area contributed by atoms with E-state index in [2.05, 4.69) is 15.5 Å². The molecule has 1 aromatic heterocycles. The lowest BCUT2D eigenvalue weighted by atomic mass is 10.1. The Kier molecular flexibility index (Phi) is 4.30. The SMILES string of the molecule is CC(=S)NC[C@H]1CN(c2ccc(-c3nnc(N)o3)c(F)c2)C(=O)O1. The minimum absolute atomic E-state index is 0.0286. The van der Waals surface area contributed by atoms with Gasteiger partial charge in [-0.05, 0) is 25.1 Å². The first kappa shape index (κ1) is 16.1. The number of nitrogen functional groups attached to an aromatic ring is 1.